The molecule has 2 rings (SSSR count). The average Bonchev–Trinajstić information content (AvgIpc) is 2.67. The first-order chi connectivity index (χ1) is 12.5. The number of amides is 1. The molecule has 2 aromatic rings. The molecule has 2 aromatic carbocycles. The Labute approximate surface area is 152 Å². The number of hydrogen-bond donors (Lipinski definition) is 1. The summed E-state index contributed by atoms with van der Waals surface area (Å²) < 4.78 is 9.62. The highest BCUT2D eigenvalue weighted by Gasteiger charge is 2.14. The van der Waals surface area contributed by atoms with Crippen molar-refractivity contribution in [3.8, 4) is 0 Å². The molecule has 0 heterocycles. The molecule has 0 saturated heterocycles. The summed E-state index contributed by atoms with van der Waals surface area (Å²) in [6.45, 7) is 1.57. The Morgan fingerprint density at radius 3 is 2.27 bits per heavy atom. The molecule has 0 aliphatic rings. The minimum Gasteiger partial charge on any atom is -0.465 e. The number of carbonyl (C=O) groups is 3. The maximum atomic E-state index is 11.9. The molecule has 1 N–H and O–H groups in total. The topological polar surface area (TPSA) is 81.7 Å². The van der Waals surface area contributed by atoms with E-state index in [9.17, 15) is 14.4 Å². The number of nitrogens with one attached hydrogen (secondary N) is 1. The van der Waals surface area contributed by atoms with E-state index < -0.39 is 17.8 Å². The van der Waals surface area contributed by atoms with Crippen molar-refractivity contribution >= 4 is 23.5 Å². The van der Waals surface area contributed by atoms with E-state index in [0.717, 1.165) is 5.56 Å². The third-order valence-corrected chi connectivity index (χ3v) is 3.80. The Kier molecular flexibility index (Phi) is 6.91. The Hall–Kier alpha value is -3.15. The zero-order chi connectivity index (χ0) is 18.9. The summed E-state index contributed by atoms with van der Waals surface area (Å²) in [5.41, 5.74) is 1.92. The molecule has 0 aromatic heterocycles. The van der Waals surface area contributed by atoms with E-state index >= 15 is 0 Å². The standard InChI is InChI=1S/C20H21NO5/c1-14(15-6-4-3-5-7-15)12-19(23)26-13-18(22)21-17-10-8-16(9-11-17)20(24)25-2/h3-11,14H,12-13H2,1-2H3,(H,21,22). The zero-order valence-corrected chi connectivity index (χ0v) is 14.7. The van der Waals surface area contributed by atoms with Crippen molar-refractivity contribution in [1.29, 1.82) is 0 Å². The highest BCUT2D eigenvalue weighted by atomic mass is 16.5. The first kappa shape index (κ1) is 19.2. The Balaban J connectivity index is 1.77. The molecule has 1 atom stereocenters. The fourth-order valence-electron chi connectivity index (χ4n) is 2.36. The van der Waals surface area contributed by atoms with Gasteiger partial charge in [-0.25, -0.2) is 4.79 Å². The van der Waals surface area contributed by atoms with Crippen molar-refractivity contribution in [2.45, 2.75) is 19.3 Å². The number of ether oxygens (including phenoxy) is 2. The van der Waals surface area contributed by atoms with Crippen molar-refractivity contribution < 1.29 is 23.9 Å². The van der Waals surface area contributed by atoms with Gasteiger partial charge in [-0.15, -0.1) is 0 Å². The van der Waals surface area contributed by atoms with Crippen LogP contribution in [-0.2, 0) is 19.1 Å². The number of benzene rings is 2. The van der Waals surface area contributed by atoms with Crippen LogP contribution in [0.25, 0.3) is 0 Å². The second-order valence-corrected chi connectivity index (χ2v) is 5.79. The van der Waals surface area contributed by atoms with Crippen molar-refractivity contribution in [2.75, 3.05) is 19.0 Å². The summed E-state index contributed by atoms with van der Waals surface area (Å²) in [4.78, 5) is 35.1. The molecule has 0 saturated carbocycles. The number of methoxy groups -OCH3 is 1. The molecular weight excluding hydrogens is 334 g/mol. The van der Waals surface area contributed by atoms with Crippen molar-refractivity contribution in [1.82, 2.24) is 0 Å². The van der Waals surface area contributed by atoms with Crippen molar-refractivity contribution in [3.63, 3.8) is 0 Å². The molecule has 6 nitrogen and oxygen atoms in total. The molecule has 0 fully saturated rings. The predicted octanol–water partition coefficient (Wildman–Crippen LogP) is 3.15. The van der Waals surface area contributed by atoms with E-state index in [1.807, 2.05) is 37.3 Å². The van der Waals surface area contributed by atoms with Gasteiger partial charge in [-0.3, -0.25) is 9.59 Å². The van der Waals surface area contributed by atoms with Crippen LogP contribution in [0.4, 0.5) is 5.69 Å². The van der Waals surface area contributed by atoms with Gasteiger partial charge >= 0.3 is 11.9 Å². The monoisotopic (exact) mass is 355 g/mol. The summed E-state index contributed by atoms with van der Waals surface area (Å²) >= 11 is 0. The van der Waals surface area contributed by atoms with Crippen LogP contribution in [0.1, 0.15) is 35.2 Å². The molecular formula is C20H21NO5. The fourth-order valence-corrected chi connectivity index (χ4v) is 2.36. The molecule has 0 spiro atoms. The Bertz CT molecular complexity index is 756. The lowest BCUT2D eigenvalue weighted by Gasteiger charge is -2.11. The van der Waals surface area contributed by atoms with Crippen LogP contribution in [0, 0.1) is 0 Å². The number of rotatable bonds is 7. The highest BCUT2D eigenvalue weighted by Crippen LogP contribution is 2.18. The normalized spacial score (nSPS) is 11.3. The fraction of sp³-hybridized carbons (Fsp3) is 0.250. The number of hydrogen-bond acceptors (Lipinski definition) is 5. The van der Waals surface area contributed by atoms with Gasteiger partial charge in [-0.2, -0.15) is 0 Å². The van der Waals surface area contributed by atoms with Crippen molar-refractivity contribution in [3.05, 3.63) is 65.7 Å². The van der Waals surface area contributed by atoms with Crippen LogP contribution in [0.3, 0.4) is 0 Å². The zero-order valence-electron chi connectivity index (χ0n) is 14.7. The van der Waals surface area contributed by atoms with Crippen LogP contribution < -0.4 is 5.32 Å². The SMILES string of the molecule is COC(=O)c1ccc(NC(=O)COC(=O)CC(C)c2ccccc2)cc1. The van der Waals surface area contributed by atoms with Crippen LogP contribution in [0.5, 0.6) is 0 Å². The molecule has 0 aliphatic carbocycles. The molecule has 0 radical (unpaired) electrons. The van der Waals surface area contributed by atoms with Crippen LogP contribution in [0.2, 0.25) is 0 Å². The quantitative estimate of drug-likeness (QED) is 0.772. The lowest BCUT2D eigenvalue weighted by Crippen LogP contribution is -2.21. The predicted molar refractivity (Wildman–Crippen MR) is 96.8 cm³/mol. The molecule has 6 heteroatoms. The summed E-state index contributed by atoms with van der Waals surface area (Å²) in [7, 11) is 1.30. The van der Waals surface area contributed by atoms with Gasteiger partial charge in [0.25, 0.3) is 5.91 Å². The first-order valence-electron chi connectivity index (χ1n) is 8.18. The second-order valence-electron chi connectivity index (χ2n) is 5.79. The number of esters is 2. The van der Waals surface area contributed by atoms with Gasteiger partial charge in [0.15, 0.2) is 6.61 Å². The van der Waals surface area contributed by atoms with E-state index in [2.05, 4.69) is 10.1 Å². The van der Waals surface area contributed by atoms with Gasteiger partial charge in [-0.05, 0) is 35.7 Å². The molecule has 136 valence electrons. The van der Waals surface area contributed by atoms with E-state index in [4.69, 9.17) is 4.74 Å². The first-order valence-corrected chi connectivity index (χ1v) is 8.18. The average molecular weight is 355 g/mol. The third-order valence-electron chi connectivity index (χ3n) is 3.80. The van der Waals surface area contributed by atoms with Crippen molar-refractivity contribution in [2.24, 2.45) is 0 Å². The minimum absolute atomic E-state index is 0.0117. The van der Waals surface area contributed by atoms with Gasteiger partial charge in [0.1, 0.15) is 0 Å². The van der Waals surface area contributed by atoms with Crippen LogP contribution in [-0.4, -0.2) is 31.6 Å². The minimum atomic E-state index is -0.454. The molecule has 1 unspecified atom stereocenters. The molecule has 1 amide bonds. The van der Waals surface area contributed by atoms with Gasteiger partial charge in [-0.1, -0.05) is 37.3 Å². The van der Waals surface area contributed by atoms with Gasteiger partial charge in [0, 0.05) is 5.69 Å². The van der Waals surface area contributed by atoms with Crippen LogP contribution in [0.15, 0.2) is 54.6 Å². The maximum Gasteiger partial charge on any atom is 0.337 e. The second kappa shape index (κ2) is 9.36. The summed E-state index contributed by atoms with van der Waals surface area (Å²) in [5.74, 6) is -1.32. The van der Waals surface area contributed by atoms with Gasteiger partial charge in [0.05, 0.1) is 19.1 Å². The third kappa shape index (κ3) is 5.73. The Morgan fingerprint density at radius 2 is 1.65 bits per heavy atom. The maximum absolute atomic E-state index is 11.9. The number of carbonyl (C=O) groups excluding carboxylic acids is 3. The summed E-state index contributed by atoms with van der Waals surface area (Å²) in [6, 6.07) is 15.9. The van der Waals surface area contributed by atoms with E-state index in [-0.39, 0.29) is 18.9 Å². The molecule has 0 aliphatic heterocycles. The van der Waals surface area contributed by atoms with Gasteiger partial charge in [0.2, 0.25) is 0 Å². The largest absolute Gasteiger partial charge is 0.465 e. The lowest BCUT2D eigenvalue weighted by atomic mass is 9.98. The summed E-state index contributed by atoms with van der Waals surface area (Å²) in [6.07, 6.45) is 0.200. The Morgan fingerprint density at radius 1 is 1.00 bits per heavy atom. The molecule has 0 bridgehead atoms. The van der Waals surface area contributed by atoms with E-state index in [1.54, 1.807) is 12.1 Å². The highest BCUT2D eigenvalue weighted by molar-refractivity contribution is 5.94. The van der Waals surface area contributed by atoms with Gasteiger partial charge < -0.3 is 14.8 Å². The smallest absolute Gasteiger partial charge is 0.337 e. The van der Waals surface area contributed by atoms with E-state index in [0.29, 0.717) is 11.3 Å². The lowest BCUT2D eigenvalue weighted by molar-refractivity contribution is -0.147. The summed E-state index contributed by atoms with van der Waals surface area (Å²) in [5, 5.41) is 2.60. The van der Waals surface area contributed by atoms with E-state index in [1.165, 1.54) is 19.2 Å². The van der Waals surface area contributed by atoms with Crippen LogP contribution >= 0.6 is 0 Å². The molecule has 26 heavy (non-hydrogen) atoms. The number of anilines is 1.